The molecule has 5 heteroatoms. The van der Waals surface area contributed by atoms with Gasteiger partial charge in [-0.2, -0.15) is 0 Å². The highest BCUT2D eigenvalue weighted by molar-refractivity contribution is 9.10. The standard InChI is InChI=1S/C17H26BrN3O/c1-3-16(14-5-7-15(18)8-6-14)19-17(22)13-21-10-4-9-20(2)11-12-21/h5-8,16H,3-4,9-13H2,1-2H3,(H,19,22). The average Bonchev–Trinajstić information content (AvgIpc) is 2.70. The summed E-state index contributed by atoms with van der Waals surface area (Å²) in [6.45, 7) is 6.74. The lowest BCUT2D eigenvalue weighted by atomic mass is 10.0. The number of nitrogens with zero attached hydrogens (tertiary/aromatic N) is 2. The van der Waals surface area contributed by atoms with Crippen LogP contribution < -0.4 is 5.32 Å². The molecule has 1 aromatic carbocycles. The summed E-state index contributed by atoms with van der Waals surface area (Å²) in [6, 6.07) is 8.28. The summed E-state index contributed by atoms with van der Waals surface area (Å²) in [7, 11) is 2.14. The quantitative estimate of drug-likeness (QED) is 0.868. The fourth-order valence-corrected chi connectivity index (χ4v) is 3.08. The van der Waals surface area contributed by atoms with Gasteiger partial charge in [-0.15, -0.1) is 0 Å². The summed E-state index contributed by atoms with van der Waals surface area (Å²) >= 11 is 3.45. The van der Waals surface area contributed by atoms with Gasteiger partial charge in [-0.1, -0.05) is 35.0 Å². The molecule has 1 heterocycles. The molecule has 122 valence electrons. The van der Waals surface area contributed by atoms with Crippen LogP contribution in [-0.4, -0.2) is 55.5 Å². The van der Waals surface area contributed by atoms with Gasteiger partial charge >= 0.3 is 0 Å². The maximum Gasteiger partial charge on any atom is 0.234 e. The Labute approximate surface area is 142 Å². The molecule has 1 unspecified atom stereocenters. The summed E-state index contributed by atoms with van der Waals surface area (Å²) in [5.41, 5.74) is 1.16. The SMILES string of the molecule is CCC(NC(=O)CN1CCCN(C)CC1)c1ccc(Br)cc1. The normalized spacial score (nSPS) is 18.7. The van der Waals surface area contributed by atoms with Crippen molar-refractivity contribution in [2.45, 2.75) is 25.8 Å². The van der Waals surface area contributed by atoms with Crippen LogP contribution in [-0.2, 0) is 4.79 Å². The minimum absolute atomic E-state index is 0.0928. The van der Waals surface area contributed by atoms with Crippen molar-refractivity contribution in [3.05, 3.63) is 34.3 Å². The zero-order valence-electron chi connectivity index (χ0n) is 13.5. The van der Waals surface area contributed by atoms with Crippen molar-refractivity contribution < 1.29 is 4.79 Å². The van der Waals surface area contributed by atoms with Gasteiger partial charge < -0.3 is 10.2 Å². The topological polar surface area (TPSA) is 35.6 Å². The molecule has 1 amide bonds. The van der Waals surface area contributed by atoms with Crippen LogP contribution in [0.1, 0.15) is 31.4 Å². The van der Waals surface area contributed by atoms with Crippen LogP contribution in [0.25, 0.3) is 0 Å². The summed E-state index contributed by atoms with van der Waals surface area (Å²) < 4.78 is 1.06. The number of halogens is 1. The Morgan fingerprint density at radius 3 is 2.64 bits per heavy atom. The van der Waals surface area contributed by atoms with Gasteiger partial charge in [0.15, 0.2) is 0 Å². The molecule has 2 rings (SSSR count). The number of carbonyl (C=O) groups excluding carboxylic acids is 1. The fourth-order valence-electron chi connectivity index (χ4n) is 2.82. The second-order valence-electron chi connectivity index (χ2n) is 6.01. The third-order valence-electron chi connectivity index (χ3n) is 4.20. The second kappa shape index (κ2) is 8.65. The zero-order valence-corrected chi connectivity index (χ0v) is 15.1. The van der Waals surface area contributed by atoms with E-state index in [0.717, 1.165) is 49.1 Å². The molecule has 0 aliphatic carbocycles. The Hall–Kier alpha value is -0.910. The maximum atomic E-state index is 12.3. The largest absolute Gasteiger partial charge is 0.348 e. The molecule has 0 aromatic heterocycles. The molecule has 0 radical (unpaired) electrons. The van der Waals surface area contributed by atoms with Crippen molar-refractivity contribution in [1.29, 1.82) is 0 Å². The van der Waals surface area contributed by atoms with E-state index >= 15 is 0 Å². The van der Waals surface area contributed by atoms with Crippen molar-refractivity contribution >= 4 is 21.8 Å². The summed E-state index contributed by atoms with van der Waals surface area (Å²) in [4.78, 5) is 16.9. The minimum Gasteiger partial charge on any atom is -0.348 e. The molecule has 1 atom stereocenters. The Morgan fingerprint density at radius 1 is 1.23 bits per heavy atom. The van der Waals surface area contributed by atoms with Crippen molar-refractivity contribution in [1.82, 2.24) is 15.1 Å². The van der Waals surface area contributed by atoms with Crippen molar-refractivity contribution in [2.75, 3.05) is 39.8 Å². The first-order valence-electron chi connectivity index (χ1n) is 8.04. The van der Waals surface area contributed by atoms with Crippen molar-refractivity contribution in [3.8, 4) is 0 Å². The lowest BCUT2D eigenvalue weighted by molar-refractivity contribution is -0.123. The summed E-state index contributed by atoms with van der Waals surface area (Å²) in [5, 5.41) is 3.17. The first kappa shape index (κ1) is 17.4. The number of amides is 1. The van der Waals surface area contributed by atoms with Crippen molar-refractivity contribution in [3.63, 3.8) is 0 Å². The number of carbonyl (C=O) groups is 1. The van der Waals surface area contributed by atoms with E-state index in [-0.39, 0.29) is 11.9 Å². The first-order chi connectivity index (χ1) is 10.6. The van der Waals surface area contributed by atoms with Crippen LogP contribution >= 0.6 is 15.9 Å². The van der Waals surface area contributed by atoms with E-state index in [4.69, 9.17) is 0 Å². The molecule has 0 saturated carbocycles. The zero-order chi connectivity index (χ0) is 15.9. The molecule has 22 heavy (non-hydrogen) atoms. The first-order valence-corrected chi connectivity index (χ1v) is 8.83. The third-order valence-corrected chi connectivity index (χ3v) is 4.72. The van der Waals surface area contributed by atoms with E-state index in [0.29, 0.717) is 6.54 Å². The van der Waals surface area contributed by atoms with Gasteiger partial charge in [-0.3, -0.25) is 9.69 Å². The van der Waals surface area contributed by atoms with Gasteiger partial charge in [-0.05, 0) is 50.7 Å². The molecule has 1 aromatic rings. The molecule has 1 saturated heterocycles. The highest BCUT2D eigenvalue weighted by atomic mass is 79.9. The van der Waals surface area contributed by atoms with Crippen molar-refractivity contribution in [2.24, 2.45) is 0 Å². The molecule has 4 nitrogen and oxygen atoms in total. The average molecular weight is 368 g/mol. The van der Waals surface area contributed by atoms with E-state index in [9.17, 15) is 4.79 Å². The maximum absolute atomic E-state index is 12.3. The highest BCUT2D eigenvalue weighted by Gasteiger charge is 2.17. The molecule has 1 N–H and O–H groups in total. The number of hydrogen-bond donors (Lipinski definition) is 1. The molecule has 0 spiro atoms. The van der Waals surface area contributed by atoms with Gasteiger partial charge in [0, 0.05) is 17.6 Å². The van der Waals surface area contributed by atoms with Crippen LogP contribution in [0.15, 0.2) is 28.7 Å². The second-order valence-corrected chi connectivity index (χ2v) is 6.93. The molecular formula is C17H26BrN3O. The van der Waals surface area contributed by atoms with Crippen LogP contribution in [0.2, 0.25) is 0 Å². The fraction of sp³-hybridized carbons (Fsp3) is 0.588. The van der Waals surface area contributed by atoms with Gasteiger partial charge in [0.05, 0.1) is 12.6 Å². The smallest absolute Gasteiger partial charge is 0.234 e. The van der Waals surface area contributed by atoms with Crippen LogP contribution in [0, 0.1) is 0 Å². The van der Waals surface area contributed by atoms with E-state index in [1.54, 1.807) is 0 Å². The van der Waals surface area contributed by atoms with Gasteiger partial charge in [-0.25, -0.2) is 0 Å². The van der Waals surface area contributed by atoms with Crippen LogP contribution in [0.4, 0.5) is 0 Å². The molecule has 1 fully saturated rings. The summed E-state index contributed by atoms with van der Waals surface area (Å²) in [5.74, 6) is 0.124. The Kier molecular flexibility index (Phi) is 6.86. The van der Waals surface area contributed by atoms with Gasteiger partial charge in [0.1, 0.15) is 0 Å². The lowest BCUT2D eigenvalue weighted by Crippen LogP contribution is -2.40. The van der Waals surface area contributed by atoms with Gasteiger partial charge in [0.2, 0.25) is 5.91 Å². The lowest BCUT2D eigenvalue weighted by Gasteiger charge is -2.22. The predicted molar refractivity (Wildman–Crippen MR) is 93.9 cm³/mol. The van der Waals surface area contributed by atoms with E-state index < -0.39 is 0 Å². The van der Waals surface area contributed by atoms with Gasteiger partial charge in [0.25, 0.3) is 0 Å². The summed E-state index contributed by atoms with van der Waals surface area (Å²) in [6.07, 6.45) is 2.03. The number of rotatable bonds is 5. The number of nitrogens with one attached hydrogen (secondary N) is 1. The Bertz CT molecular complexity index is 477. The number of likely N-dealkylation sites (N-methyl/N-ethyl adjacent to an activating group) is 1. The minimum atomic E-state index is 0.0928. The molecular weight excluding hydrogens is 342 g/mol. The number of benzene rings is 1. The molecule has 1 aliphatic rings. The van der Waals surface area contributed by atoms with E-state index in [1.807, 2.05) is 12.1 Å². The Morgan fingerprint density at radius 2 is 1.95 bits per heavy atom. The van der Waals surface area contributed by atoms with Crippen LogP contribution in [0.3, 0.4) is 0 Å². The third kappa shape index (κ3) is 5.38. The van der Waals surface area contributed by atoms with Crippen LogP contribution in [0.5, 0.6) is 0 Å². The highest BCUT2D eigenvalue weighted by Crippen LogP contribution is 2.19. The Balaban J connectivity index is 1.87. The molecule has 1 aliphatic heterocycles. The van der Waals surface area contributed by atoms with E-state index in [1.165, 1.54) is 0 Å². The number of hydrogen-bond acceptors (Lipinski definition) is 3. The predicted octanol–water partition coefficient (Wildman–Crippen LogP) is 2.65. The molecule has 0 bridgehead atoms. The van der Waals surface area contributed by atoms with E-state index in [2.05, 4.69) is 57.2 Å². The monoisotopic (exact) mass is 367 g/mol.